The number of aliphatic carboxylic acids is 1. The summed E-state index contributed by atoms with van der Waals surface area (Å²) in [7, 11) is -3.59. The summed E-state index contributed by atoms with van der Waals surface area (Å²) in [6.45, 7) is 0.0879. The van der Waals surface area contributed by atoms with Gasteiger partial charge < -0.3 is 5.11 Å². The second-order valence-corrected chi connectivity index (χ2v) is 6.54. The maximum Gasteiger partial charge on any atom is 0.325 e. The Kier molecular flexibility index (Phi) is 4.20. The molecule has 0 aliphatic heterocycles. The van der Waals surface area contributed by atoms with Crippen molar-refractivity contribution >= 4 is 16.0 Å². The van der Waals surface area contributed by atoms with E-state index in [1.807, 2.05) is 0 Å². The number of rotatable bonds is 6. The fraction of sp³-hybridized carbons (Fsp3) is 0.636. The lowest BCUT2D eigenvalue weighted by molar-refractivity contribution is -0.137. The van der Waals surface area contributed by atoms with Crippen LogP contribution in [-0.4, -0.2) is 35.8 Å². The third kappa shape index (κ3) is 3.77. The molecule has 0 atom stereocenters. The van der Waals surface area contributed by atoms with Crippen LogP contribution < -0.4 is 4.72 Å². The topological polar surface area (TPSA) is 101 Å². The number of nitrogens with one attached hydrogen (secondary N) is 1. The van der Waals surface area contributed by atoms with Crippen LogP contribution in [0.15, 0.2) is 17.3 Å². The van der Waals surface area contributed by atoms with Gasteiger partial charge in [-0.05, 0) is 18.8 Å². The molecule has 0 unspecified atom stereocenters. The first-order valence-corrected chi connectivity index (χ1v) is 7.69. The van der Waals surface area contributed by atoms with Crippen LogP contribution in [0.3, 0.4) is 0 Å². The van der Waals surface area contributed by atoms with Gasteiger partial charge in [0.2, 0.25) is 10.0 Å². The highest BCUT2D eigenvalue weighted by Crippen LogP contribution is 2.24. The quantitative estimate of drug-likeness (QED) is 0.790. The summed E-state index contributed by atoms with van der Waals surface area (Å²) in [5, 5.41) is 12.3. The third-order valence-electron chi connectivity index (χ3n) is 3.25. The molecule has 0 amide bonds. The molecule has 2 N–H and O–H groups in total. The van der Waals surface area contributed by atoms with Gasteiger partial charge in [-0.3, -0.25) is 9.48 Å². The van der Waals surface area contributed by atoms with Crippen molar-refractivity contribution in [2.45, 2.75) is 37.1 Å². The zero-order valence-corrected chi connectivity index (χ0v) is 11.3. The molecule has 1 aliphatic rings. The molecule has 2 rings (SSSR count). The van der Waals surface area contributed by atoms with Crippen molar-refractivity contribution in [1.29, 1.82) is 0 Å². The Bertz CT molecular complexity index is 546. The highest BCUT2D eigenvalue weighted by molar-refractivity contribution is 7.89. The minimum absolute atomic E-state index is 0.00625. The van der Waals surface area contributed by atoms with E-state index < -0.39 is 16.0 Å². The second-order valence-electron chi connectivity index (χ2n) is 4.77. The van der Waals surface area contributed by atoms with Gasteiger partial charge in [0.25, 0.3) is 0 Å². The largest absolute Gasteiger partial charge is 0.480 e. The van der Waals surface area contributed by atoms with E-state index in [-0.39, 0.29) is 11.4 Å². The monoisotopic (exact) mass is 287 g/mol. The average molecular weight is 287 g/mol. The molecule has 7 nitrogen and oxygen atoms in total. The van der Waals surface area contributed by atoms with Crippen molar-refractivity contribution in [2.75, 3.05) is 6.54 Å². The predicted octanol–water partition coefficient (Wildman–Crippen LogP) is 0.436. The molecule has 0 aromatic carbocycles. The molecule has 1 saturated carbocycles. The van der Waals surface area contributed by atoms with Crippen LogP contribution in [-0.2, 0) is 21.4 Å². The summed E-state index contributed by atoms with van der Waals surface area (Å²) in [6.07, 6.45) is 6.82. The summed E-state index contributed by atoms with van der Waals surface area (Å²) < 4.78 is 27.6. The highest BCUT2D eigenvalue weighted by atomic mass is 32.2. The molecule has 0 radical (unpaired) electrons. The minimum Gasteiger partial charge on any atom is -0.480 e. The van der Waals surface area contributed by atoms with E-state index in [9.17, 15) is 13.2 Å². The van der Waals surface area contributed by atoms with E-state index in [4.69, 9.17) is 5.11 Å². The lowest BCUT2D eigenvalue weighted by Crippen LogP contribution is -2.28. The Morgan fingerprint density at radius 2 is 2.16 bits per heavy atom. The number of hydrogen-bond donors (Lipinski definition) is 2. The summed E-state index contributed by atoms with van der Waals surface area (Å²) in [5.74, 6) is -0.658. The summed E-state index contributed by atoms with van der Waals surface area (Å²) >= 11 is 0. The van der Waals surface area contributed by atoms with E-state index in [0.29, 0.717) is 12.5 Å². The van der Waals surface area contributed by atoms with E-state index in [0.717, 1.165) is 30.4 Å². The molecule has 19 heavy (non-hydrogen) atoms. The van der Waals surface area contributed by atoms with E-state index in [1.165, 1.54) is 12.4 Å². The fourth-order valence-electron chi connectivity index (χ4n) is 2.23. The Labute approximate surface area is 111 Å². The SMILES string of the molecule is O=C(O)Cn1cc(S(=O)(=O)NCC2CCCC2)cn1. The molecule has 106 valence electrons. The number of aromatic nitrogens is 2. The molecule has 1 heterocycles. The van der Waals surface area contributed by atoms with Gasteiger partial charge in [0, 0.05) is 12.7 Å². The van der Waals surface area contributed by atoms with Gasteiger partial charge in [-0.25, -0.2) is 13.1 Å². The number of hydrogen-bond acceptors (Lipinski definition) is 4. The van der Waals surface area contributed by atoms with Gasteiger partial charge in [-0.2, -0.15) is 5.10 Å². The Morgan fingerprint density at radius 1 is 1.47 bits per heavy atom. The second kappa shape index (κ2) is 5.70. The fourth-order valence-corrected chi connectivity index (χ4v) is 3.30. The number of carbonyl (C=O) groups is 1. The first kappa shape index (κ1) is 14.0. The number of carboxylic acids is 1. The average Bonchev–Trinajstić information content (AvgIpc) is 2.96. The van der Waals surface area contributed by atoms with E-state index >= 15 is 0 Å². The third-order valence-corrected chi connectivity index (χ3v) is 4.63. The molecule has 0 saturated heterocycles. The van der Waals surface area contributed by atoms with Crippen LogP contribution >= 0.6 is 0 Å². The zero-order valence-electron chi connectivity index (χ0n) is 10.4. The van der Waals surface area contributed by atoms with Crippen LogP contribution in [0.4, 0.5) is 0 Å². The van der Waals surface area contributed by atoms with Crippen LogP contribution in [0.2, 0.25) is 0 Å². The maximum atomic E-state index is 12.0. The van der Waals surface area contributed by atoms with Crippen molar-refractivity contribution in [3.8, 4) is 0 Å². The minimum atomic E-state index is -3.59. The summed E-state index contributed by atoms with van der Waals surface area (Å²) in [4.78, 5) is 10.5. The van der Waals surface area contributed by atoms with E-state index in [2.05, 4.69) is 9.82 Å². The lowest BCUT2D eigenvalue weighted by Gasteiger charge is -2.09. The van der Waals surface area contributed by atoms with Gasteiger partial charge in [-0.15, -0.1) is 0 Å². The first-order chi connectivity index (χ1) is 8.97. The lowest BCUT2D eigenvalue weighted by atomic mass is 10.1. The van der Waals surface area contributed by atoms with Crippen molar-refractivity contribution in [1.82, 2.24) is 14.5 Å². The standard InChI is InChI=1S/C11H17N3O4S/c15-11(16)8-14-7-10(6-12-14)19(17,18)13-5-9-3-1-2-4-9/h6-7,9,13H,1-5,8H2,(H,15,16). The van der Waals surface area contributed by atoms with Crippen molar-refractivity contribution < 1.29 is 18.3 Å². The number of sulfonamides is 1. The molecular weight excluding hydrogens is 270 g/mol. The first-order valence-electron chi connectivity index (χ1n) is 6.21. The predicted molar refractivity (Wildman–Crippen MR) is 67.0 cm³/mol. The smallest absolute Gasteiger partial charge is 0.325 e. The van der Waals surface area contributed by atoms with Crippen LogP contribution in [0.1, 0.15) is 25.7 Å². The molecule has 1 aromatic rings. The van der Waals surface area contributed by atoms with Gasteiger partial charge in [-0.1, -0.05) is 12.8 Å². The number of nitrogens with zero attached hydrogens (tertiary/aromatic N) is 2. The molecule has 1 aromatic heterocycles. The maximum absolute atomic E-state index is 12.0. The summed E-state index contributed by atoms with van der Waals surface area (Å²) in [6, 6.07) is 0. The van der Waals surface area contributed by atoms with Gasteiger partial charge in [0.05, 0.1) is 6.20 Å². The van der Waals surface area contributed by atoms with Crippen LogP contribution in [0.25, 0.3) is 0 Å². The van der Waals surface area contributed by atoms with Crippen molar-refractivity contribution in [3.05, 3.63) is 12.4 Å². The normalized spacial score (nSPS) is 16.8. The van der Waals surface area contributed by atoms with Gasteiger partial charge in [0.1, 0.15) is 11.4 Å². The van der Waals surface area contributed by atoms with Crippen LogP contribution in [0, 0.1) is 5.92 Å². The van der Waals surface area contributed by atoms with Gasteiger partial charge >= 0.3 is 5.97 Å². The van der Waals surface area contributed by atoms with Crippen molar-refractivity contribution in [3.63, 3.8) is 0 Å². The van der Waals surface area contributed by atoms with Gasteiger partial charge in [0.15, 0.2) is 0 Å². The molecule has 0 bridgehead atoms. The Morgan fingerprint density at radius 3 is 2.79 bits per heavy atom. The molecule has 0 spiro atoms. The number of carboxylic acid groups (broad SMARTS) is 1. The Hall–Kier alpha value is -1.41. The highest BCUT2D eigenvalue weighted by Gasteiger charge is 2.21. The zero-order chi connectivity index (χ0) is 13.9. The van der Waals surface area contributed by atoms with Crippen LogP contribution in [0.5, 0.6) is 0 Å². The summed E-state index contributed by atoms with van der Waals surface area (Å²) in [5.41, 5.74) is 0. The van der Waals surface area contributed by atoms with E-state index in [1.54, 1.807) is 0 Å². The Balaban J connectivity index is 1.98. The molecule has 8 heteroatoms. The molecular formula is C11H17N3O4S. The molecule has 1 aliphatic carbocycles. The van der Waals surface area contributed by atoms with Crippen molar-refractivity contribution in [2.24, 2.45) is 5.92 Å². The molecule has 1 fully saturated rings.